The minimum Gasteiger partial charge on any atom is -0.326 e. The van der Waals surface area contributed by atoms with Gasteiger partial charge in [-0.05, 0) is 48.0 Å². The molecule has 0 aliphatic carbocycles. The van der Waals surface area contributed by atoms with Gasteiger partial charge >= 0.3 is 0 Å². The Bertz CT molecular complexity index is 1060. The maximum Gasteiger partial charge on any atom is 0.228 e. The smallest absolute Gasteiger partial charge is 0.228 e. The summed E-state index contributed by atoms with van der Waals surface area (Å²) >= 11 is 5.91. The number of halogens is 1. The van der Waals surface area contributed by atoms with Crippen LogP contribution in [0.4, 0.5) is 5.69 Å². The van der Waals surface area contributed by atoms with Crippen LogP contribution in [0.25, 0.3) is 16.7 Å². The fourth-order valence-corrected chi connectivity index (χ4v) is 2.79. The van der Waals surface area contributed by atoms with E-state index < -0.39 is 0 Å². The standard InChI is InChI=1S/C20H15ClN4O/c21-15-6-9-17(10-7-15)25-23-18-11-8-16(13-19(18)24-25)22-20(26)12-14-4-2-1-3-5-14/h1-11,13H,12H2,(H,22,26). The first kappa shape index (κ1) is 16.3. The molecular formula is C20H15ClN4O. The summed E-state index contributed by atoms with van der Waals surface area (Å²) in [5.74, 6) is -0.0688. The Kier molecular flexibility index (Phi) is 4.37. The molecule has 0 aliphatic heterocycles. The Morgan fingerprint density at radius 2 is 1.65 bits per heavy atom. The average Bonchev–Trinajstić information content (AvgIpc) is 3.06. The van der Waals surface area contributed by atoms with Gasteiger partial charge in [0.25, 0.3) is 0 Å². The van der Waals surface area contributed by atoms with Crippen LogP contribution >= 0.6 is 11.6 Å². The molecule has 0 bridgehead atoms. The van der Waals surface area contributed by atoms with Gasteiger partial charge in [0.1, 0.15) is 11.0 Å². The lowest BCUT2D eigenvalue weighted by Crippen LogP contribution is -2.14. The van der Waals surface area contributed by atoms with Crippen LogP contribution < -0.4 is 5.32 Å². The highest BCUT2D eigenvalue weighted by molar-refractivity contribution is 6.30. The van der Waals surface area contributed by atoms with Crippen LogP contribution in [-0.4, -0.2) is 20.9 Å². The zero-order valence-corrected chi connectivity index (χ0v) is 14.5. The van der Waals surface area contributed by atoms with Crippen LogP contribution in [0, 0.1) is 0 Å². The van der Waals surface area contributed by atoms with E-state index in [0.717, 1.165) is 16.8 Å². The lowest BCUT2D eigenvalue weighted by Gasteiger charge is -2.04. The second-order valence-corrected chi connectivity index (χ2v) is 6.32. The second kappa shape index (κ2) is 6.98. The third kappa shape index (κ3) is 3.58. The van der Waals surface area contributed by atoms with Gasteiger partial charge in [0.15, 0.2) is 0 Å². The van der Waals surface area contributed by atoms with Crippen LogP contribution in [0.15, 0.2) is 72.8 Å². The number of fused-ring (bicyclic) bond motifs is 1. The molecule has 3 aromatic carbocycles. The van der Waals surface area contributed by atoms with E-state index in [2.05, 4.69) is 15.5 Å². The van der Waals surface area contributed by atoms with Crippen molar-refractivity contribution in [2.24, 2.45) is 0 Å². The van der Waals surface area contributed by atoms with E-state index in [-0.39, 0.29) is 5.91 Å². The zero-order chi connectivity index (χ0) is 17.9. The van der Waals surface area contributed by atoms with Gasteiger partial charge in [0.05, 0.1) is 12.1 Å². The first-order valence-electron chi connectivity index (χ1n) is 8.14. The highest BCUT2D eigenvalue weighted by Gasteiger charge is 2.08. The number of nitrogens with zero attached hydrogens (tertiary/aromatic N) is 3. The molecule has 0 saturated heterocycles. The van der Waals surface area contributed by atoms with Crippen molar-refractivity contribution in [2.75, 3.05) is 5.32 Å². The Balaban J connectivity index is 1.54. The van der Waals surface area contributed by atoms with Crippen LogP contribution in [0.3, 0.4) is 0 Å². The lowest BCUT2D eigenvalue weighted by molar-refractivity contribution is -0.115. The summed E-state index contributed by atoms with van der Waals surface area (Å²) in [6.07, 6.45) is 0.330. The number of hydrogen-bond acceptors (Lipinski definition) is 3. The number of amides is 1. The monoisotopic (exact) mass is 362 g/mol. The van der Waals surface area contributed by atoms with Crippen molar-refractivity contribution in [1.29, 1.82) is 0 Å². The van der Waals surface area contributed by atoms with E-state index in [1.165, 1.54) is 0 Å². The highest BCUT2D eigenvalue weighted by atomic mass is 35.5. The SMILES string of the molecule is O=C(Cc1ccccc1)Nc1ccc2nn(-c3ccc(Cl)cc3)nc2c1. The number of benzene rings is 3. The zero-order valence-electron chi connectivity index (χ0n) is 13.8. The fourth-order valence-electron chi connectivity index (χ4n) is 2.67. The molecule has 0 radical (unpaired) electrons. The third-order valence-electron chi connectivity index (χ3n) is 3.93. The molecule has 1 aromatic heterocycles. The Labute approximate surface area is 155 Å². The molecule has 6 heteroatoms. The summed E-state index contributed by atoms with van der Waals surface area (Å²) in [6, 6.07) is 22.4. The first-order valence-corrected chi connectivity index (χ1v) is 8.52. The number of carbonyl (C=O) groups excluding carboxylic acids is 1. The third-order valence-corrected chi connectivity index (χ3v) is 4.18. The topological polar surface area (TPSA) is 59.8 Å². The Morgan fingerprint density at radius 1 is 0.923 bits per heavy atom. The number of nitrogens with one attached hydrogen (secondary N) is 1. The Morgan fingerprint density at radius 3 is 2.42 bits per heavy atom. The average molecular weight is 363 g/mol. The van der Waals surface area contributed by atoms with Gasteiger partial charge in [-0.25, -0.2) is 0 Å². The van der Waals surface area contributed by atoms with Crippen LogP contribution in [0.2, 0.25) is 5.02 Å². The quantitative estimate of drug-likeness (QED) is 0.590. The van der Waals surface area contributed by atoms with Crippen molar-refractivity contribution in [1.82, 2.24) is 15.0 Å². The molecule has 0 fully saturated rings. The summed E-state index contributed by atoms with van der Waals surface area (Å²) in [5, 5.41) is 12.5. The van der Waals surface area contributed by atoms with Crippen LogP contribution in [0.5, 0.6) is 0 Å². The van der Waals surface area contributed by atoms with E-state index >= 15 is 0 Å². The molecular weight excluding hydrogens is 348 g/mol. The summed E-state index contributed by atoms with van der Waals surface area (Å²) in [5.41, 5.74) is 3.94. The second-order valence-electron chi connectivity index (χ2n) is 5.88. The minimum atomic E-state index is -0.0688. The molecule has 4 rings (SSSR count). The fraction of sp³-hybridized carbons (Fsp3) is 0.0500. The normalized spacial score (nSPS) is 10.8. The highest BCUT2D eigenvalue weighted by Crippen LogP contribution is 2.19. The summed E-state index contributed by atoms with van der Waals surface area (Å²) in [4.78, 5) is 13.8. The first-order chi connectivity index (χ1) is 12.7. The molecule has 0 saturated carbocycles. The molecule has 4 aromatic rings. The van der Waals surface area contributed by atoms with Crippen molar-refractivity contribution in [3.05, 3.63) is 83.4 Å². The van der Waals surface area contributed by atoms with E-state index in [0.29, 0.717) is 22.6 Å². The molecule has 1 N–H and O–H groups in total. The molecule has 5 nitrogen and oxygen atoms in total. The maximum absolute atomic E-state index is 12.2. The predicted molar refractivity (Wildman–Crippen MR) is 103 cm³/mol. The van der Waals surface area contributed by atoms with E-state index in [9.17, 15) is 4.79 Å². The number of rotatable bonds is 4. The largest absolute Gasteiger partial charge is 0.326 e. The maximum atomic E-state index is 12.2. The van der Waals surface area contributed by atoms with Gasteiger partial charge in [-0.3, -0.25) is 4.79 Å². The number of anilines is 1. The van der Waals surface area contributed by atoms with Gasteiger partial charge in [-0.15, -0.1) is 10.2 Å². The van der Waals surface area contributed by atoms with E-state index in [1.807, 2.05) is 60.7 Å². The molecule has 0 spiro atoms. The minimum absolute atomic E-state index is 0.0688. The number of aromatic nitrogens is 3. The van der Waals surface area contributed by atoms with Gasteiger partial charge in [-0.1, -0.05) is 41.9 Å². The molecule has 26 heavy (non-hydrogen) atoms. The number of hydrogen-bond donors (Lipinski definition) is 1. The van der Waals surface area contributed by atoms with Gasteiger partial charge < -0.3 is 5.32 Å². The summed E-state index contributed by atoms with van der Waals surface area (Å²) in [6.45, 7) is 0. The van der Waals surface area contributed by atoms with E-state index in [1.54, 1.807) is 16.9 Å². The molecule has 1 heterocycles. The van der Waals surface area contributed by atoms with Crippen molar-refractivity contribution >= 4 is 34.2 Å². The number of carbonyl (C=O) groups is 1. The van der Waals surface area contributed by atoms with Crippen molar-refractivity contribution < 1.29 is 4.79 Å². The van der Waals surface area contributed by atoms with E-state index in [4.69, 9.17) is 11.6 Å². The van der Waals surface area contributed by atoms with Crippen molar-refractivity contribution in [3.63, 3.8) is 0 Å². The molecule has 0 unspecified atom stereocenters. The molecule has 1 amide bonds. The lowest BCUT2D eigenvalue weighted by atomic mass is 10.1. The van der Waals surface area contributed by atoms with Gasteiger partial charge in [0.2, 0.25) is 5.91 Å². The molecule has 0 aliphatic rings. The Hall–Kier alpha value is -3.18. The van der Waals surface area contributed by atoms with Crippen LogP contribution in [-0.2, 0) is 11.2 Å². The van der Waals surface area contributed by atoms with Gasteiger partial charge in [0, 0.05) is 10.7 Å². The molecule has 128 valence electrons. The van der Waals surface area contributed by atoms with Gasteiger partial charge in [-0.2, -0.15) is 4.80 Å². The van der Waals surface area contributed by atoms with Crippen molar-refractivity contribution in [2.45, 2.75) is 6.42 Å². The van der Waals surface area contributed by atoms with Crippen LogP contribution in [0.1, 0.15) is 5.56 Å². The van der Waals surface area contributed by atoms with Crippen molar-refractivity contribution in [3.8, 4) is 5.69 Å². The molecule has 0 atom stereocenters. The summed E-state index contributed by atoms with van der Waals surface area (Å²) < 4.78 is 0. The predicted octanol–water partition coefficient (Wildman–Crippen LogP) is 4.26. The summed E-state index contributed by atoms with van der Waals surface area (Å²) in [7, 11) is 0.